The lowest BCUT2D eigenvalue weighted by Crippen LogP contribution is -2.47. The molecule has 2 saturated heterocycles. The van der Waals surface area contributed by atoms with Crippen molar-refractivity contribution in [3.8, 4) is 0 Å². The maximum absolute atomic E-state index is 12.8. The van der Waals surface area contributed by atoms with Gasteiger partial charge in [0.1, 0.15) is 4.21 Å². The number of hydrogen-bond acceptors (Lipinski definition) is 6. The van der Waals surface area contributed by atoms with Crippen molar-refractivity contribution in [2.24, 2.45) is 11.8 Å². The Morgan fingerprint density at radius 1 is 1.11 bits per heavy atom. The first-order valence-corrected chi connectivity index (χ1v) is 11.7. The Morgan fingerprint density at radius 2 is 1.74 bits per heavy atom. The lowest BCUT2D eigenvalue weighted by Gasteiger charge is -2.36. The van der Waals surface area contributed by atoms with Crippen molar-refractivity contribution in [2.75, 3.05) is 32.8 Å². The lowest BCUT2D eigenvalue weighted by atomic mass is 9.92. The summed E-state index contributed by atoms with van der Waals surface area (Å²) in [6.07, 6.45) is 2.36. The van der Waals surface area contributed by atoms with E-state index >= 15 is 0 Å². The molecule has 9 heteroatoms. The molecular formula is C18H26N2O5S2. The molecule has 0 bridgehead atoms. The second kappa shape index (κ2) is 8.70. The van der Waals surface area contributed by atoms with Crippen LogP contribution in [0.2, 0.25) is 0 Å². The summed E-state index contributed by atoms with van der Waals surface area (Å²) in [5.41, 5.74) is 0. The number of likely N-dealkylation sites (tertiary alicyclic amines) is 1. The molecule has 3 heterocycles. The Hall–Kier alpha value is -1.45. The van der Waals surface area contributed by atoms with Crippen molar-refractivity contribution >= 4 is 33.2 Å². The Balaban J connectivity index is 1.50. The largest absolute Gasteiger partial charge is 0.466 e. The van der Waals surface area contributed by atoms with E-state index in [4.69, 9.17) is 4.74 Å². The molecule has 0 radical (unpaired) electrons. The molecule has 0 unspecified atom stereocenters. The smallest absolute Gasteiger partial charge is 0.309 e. The van der Waals surface area contributed by atoms with E-state index in [-0.39, 0.29) is 23.7 Å². The number of carbonyl (C=O) groups is 2. The van der Waals surface area contributed by atoms with Gasteiger partial charge in [-0.1, -0.05) is 6.07 Å². The Kier molecular flexibility index (Phi) is 6.54. The van der Waals surface area contributed by atoms with Gasteiger partial charge >= 0.3 is 5.97 Å². The molecule has 0 atom stereocenters. The van der Waals surface area contributed by atoms with Crippen molar-refractivity contribution in [1.29, 1.82) is 0 Å². The Bertz CT molecular complexity index is 747. The minimum Gasteiger partial charge on any atom is -0.466 e. The van der Waals surface area contributed by atoms with E-state index < -0.39 is 10.0 Å². The molecule has 0 N–H and O–H groups in total. The number of thiophene rings is 1. The molecule has 0 aromatic carbocycles. The number of piperidine rings is 2. The van der Waals surface area contributed by atoms with Gasteiger partial charge in [0.05, 0.1) is 12.5 Å². The molecular weight excluding hydrogens is 388 g/mol. The minimum atomic E-state index is -3.44. The van der Waals surface area contributed by atoms with Gasteiger partial charge in [0.15, 0.2) is 0 Å². The molecule has 150 valence electrons. The quantitative estimate of drug-likeness (QED) is 0.688. The fraction of sp³-hybridized carbons (Fsp3) is 0.667. The molecule has 27 heavy (non-hydrogen) atoms. The molecule has 0 spiro atoms. The number of esters is 1. The first-order chi connectivity index (χ1) is 12.9. The summed E-state index contributed by atoms with van der Waals surface area (Å²) in [6.45, 7) is 4.05. The predicted octanol–water partition coefficient (Wildman–Crippen LogP) is 1.95. The van der Waals surface area contributed by atoms with E-state index in [1.54, 1.807) is 24.4 Å². The second-order valence-electron chi connectivity index (χ2n) is 6.96. The van der Waals surface area contributed by atoms with E-state index in [2.05, 4.69) is 0 Å². The average Bonchev–Trinajstić information content (AvgIpc) is 3.23. The second-order valence-corrected chi connectivity index (χ2v) is 10.1. The third kappa shape index (κ3) is 4.52. The van der Waals surface area contributed by atoms with Gasteiger partial charge < -0.3 is 9.64 Å². The van der Waals surface area contributed by atoms with Crippen LogP contribution >= 0.6 is 11.3 Å². The molecule has 0 saturated carbocycles. The molecule has 2 aliphatic rings. The van der Waals surface area contributed by atoms with Gasteiger partial charge in [-0.2, -0.15) is 4.31 Å². The standard InChI is InChI=1S/C18H26N2O5S2/c1-2-25-18(22)15-5-9-19(10-6-15)17(21)14-7-11-20(12-8-14)27(23,24)16-4-3-13-26-16/h3-4,13-15H,2,5-12H2,1H3. The van der Waals surface area contributed by atoms with Crippen LogP contribution in [0.5, 0.6) is 0 Å². The van der Waals surface area contributed by atoms with Crippen LogP contribution in [-0.4, -0.2) is 62.3 Å². The summed E-state index contributed by atoms with van der Waals surface area (Å²) in [4.78, 5) is 26.4. The summed E-state index contributed by atoms with van der Waals surface area (Å²) >= 11 is 1.22. The van der Waals surface area contributed by atoms with Crippen LogP contribution < -0.4 is 0 Å². The van der Waals surface area contributed by atoms with Crippen LogP contribution in [0.3, 0.4) is 0 Å². The van der Waals surface area contributed by atoms with Crippen LogP contribution in [0, 0.1) is 11.8 Å². The van der Waals surface area contributed by atoms with E-state index in [9.17, 15) is 18.0 Å². The average molecular weight is 415 g/mol. The first kappa shape index (κ1) is 20.3. The maximum Gasteiger partial charge on any atom is 0.309 e. The molecule has 2 fully saturated rings. The number of carbonyl (C=O) groups excluding carboxylic acids is 2. The fourth-order valence-electron chi connectivity index (χ4n) is 3.73. The zero-order valence-electron chi connectivity index (χ0n) is 15.5. The van der Waals surface area contributed by atoms with Gasteiger partial charge in [0, 0.05) is 32.1 Å². The minimum absolute atomic E-state index is 0.0884. The Morgan fingerprint density at radius 3 is 2.30 bits per heavy atom. The van der Waals surface area contributed by atoms with Crippen LogP contribution in [0.1, 0.15) is 32.6 Å². The number of rotatable bonds is 5. The molecule has 7 nitrogen and oxygen atoms in total. The number of sulfonamides is 1. The summed E-state index contributed by atoms with van der Waals surface area (Å²) in [5.74, 6) is -0.340. The van der Waals surface area contributed by atoms with Crippen molar-refractivity contribution in [2.45, 2.75) is 36.8 Å². The third-order valence-corrected chi connectivity index (χ3v) is 8.59. The zero-order chi connectivity index (χ0) is 19.4. The molecule has 2 aliphatic heterocycles. The molecule has 1 aromatic rings. The number of nitrogens with zero attached hydrogens (tertiary/aromatic N) is 2. The van der Waals surface area contributed by atoms with E-state index in [0.717, 1.165) is 0 Å². The summed E-state index contributed by atoms with van der Waals surface area (Å²) in [5, 5.41) is 1.75. The molecule has 1 amide bonds. The monoisotopic (exact) mass is 414 g/mol. The highest BCUT2D eigenvalue weighted by Crippen LogP contribution is 2.28. The normalized spacial score (nSPS) is 20.6. The highest BCUT2D eigenvalue weighted by atomic mass is 32.2. The van der Waals surface area contributed by atoms with Crippen molar-refractivity contribution in [3.05, 3.63) is 17.5 Å². The SMILES string of the molecule is CCOC(=O)C1CCN(C(=O)C2CCN(S(=O)(=O)c3cccs3)CC2)CC1. The van der Waals surface area contributed by atoms with E-state index in [1.807, 2.05) is 4.90 Å². The first-order valence-electron chi connectivity index (χ1n) is 9.42. The van der Waals surface area contributed by atoms with Gasteiger partial charge in [0.2, 0.25) is 5.91 Å². The van der Waals surface area contributed by atoms with Gasteiger partial charge in [-0.15, -0.1) is 11.3 Å². The number of amides is 1. The van der Waals surface area contributed by atoms with Gasteiger partial charge in [-0.25, -0.2) is 8.42 Å². The van der Waals surface area contributed by atoms with Crippen LogP contribution in [0.25, 0.3) is 0 Å². The van der Waals surface area contributed by atoms with Crippen molar-refractivity contribution in [3.63, 3.8) is 0 Å². The third-order valence-electron chi connectivity index (χ3n) is 5.32. The Labute approximate surface area is 164 Å². The summed E-state index contributed by atoms with van der Waals surface area (Å²) < 4.78 is 32.1. The lowest BCUT2D eigenvalue weighted by molar-refractivity contribution is -0.152. The molecule has 0 aliphatic carbocycles. The highest BCUT2D eigenvalue weighted by Gasteiger charge is 2.36. The summed E-state index contributed by atoms with van der Waals surface area (Å²) in [6, 6.07) is 3.35. The fourth-order valence-corrected chi connectivity index (χ4v) is 6.35. The van der Waals surface area contributed by atoms with Gasteiger partial charge in [-0.3, -0.25) is 9.59 Å². The van der Waals surface area contributed by atoms with E-state index in [0.29, 0.717) is 62.7 Å². The predicted molar refractivity (Wildman–Crippen MR) is 102 cm³/mol. The topological polar surface area (TPSA) is 84.0 Å². The van der Waals surface area contributed by atoms with Crippen LogP contribution in [-0.2, 0) is 24.3 Å². The van der Waals surface area contributed by atoms with Gasteiger partial charge in [0.25, 0.3) is 10.0 Å². The van der Waals surface area contributed by atoms with E-state index in [1.165, 1.54) is 15.6 Å². The zero-order valence-corrected chi connectivity index (χ0v) is 17.1. The maximum atomic E-state index is 12.8. The number of ether oxygens (including phenoxy) is 1. The van der Waals surface area contributed by atoms with Crippen LogP contribution in [0.15, 0.2) is 21.7 Å². The van der Waals surface area contributed by atoms with Crippen LogP contribution in [0.4, 0.5) is 0 Å². The molecule has 1 aromatic heterocycles. The molecule has 3 rings (SSSR count). The summed E-state index contributed by atoms with van der Waals surface area (Å²) in [7, 11) is -3.44. The highest BCUT2D eigenvalue weighted by molar-refractivity contribution is 7.91. The van der Waals surface area contributed by atoms with Crippen molar-refractivity contribution < 1.29 is 22.7 Å². The van der Waals surface area contributed by atoms with Gasteiger partial charge in [-0.05, 0) is 44.1 Å². The number of hydrogen-bond donors (Lipinski definition) is 0. The van der Waals surface area contributed by atoms with Crippen molar-refractivity contribution in [1.82, 2.24) is 9.21 Å².